The van der Waals surface area contributed by atoms with Crippen LogP contribution in [0, 0.1) is 0 Å². The van der Waals surface area contributed by atoms with Gasteiger partial charge < -0.3 is 10.0 Å². The van der Waals surface area contributed by atoms with Crippen LogP contribution in [0.2, 0.25) is 0 Å². The predicted molar refractivity (Wildman–Crippen MR) is 90.0 cm³/mol. The summed E-state index contributed by atoms with van der Waals surface area (Å²) in [5.74, 6) is -1.18. The highest BCUT2D eigenvalue weighted by atomic mass is 32.1. The Morgan fingerprint density at radius 1 is 1.26 bits per heavy atom. The number of hydrogen-bond acceptors (Lipinski definition) is 3. The van der Waals surface area contributed by atoms with E-state index in [2.05, 4.69) is 0 Å². The van der Waals surface area contributed by atoms with Gasteiger partial charge in [-0.15, -0.1) is 11.3 Å². The summed E-state index contributed by atoms with van der Waals surface area (Å²) in [5, 5.41) is 9.53. The van der Waals surface area contributed by atoms with Crippen LogP contribution in [-0.4, -0.2) is 35.0 Å². The minimum atomic E-state index is -0.978. The van der Waals surface area contributed by atoms with Gasteiger partial charge in [0.2, 0.25) is 0 Å². The van der Waals surface area contributed by atoms with E-state index in [1.807, 2.05) is 36.4 Å². The van der Waals surface area contributed by atoms with Crippen LogP contribution in [0.3, 0.4) is 0 Å². The summed E-state index contributed by atoms with van der Waals surface area (Å²) in [7, 11) is 1.58. The van der Waals surface area contributed by atoms with E-state index >= 15 is 0 Å². The fraction of sp³-hybridized carbons (Fsp3) is 0.333. The van der Waals surface area contributed by atoms with Crippen LogP contribution >= 0.6 is 11.3 Å². The number of aliphatic carboxylic acids is 1. The number of carboxylic acid groups (broad SMARTS) is 1. The van der Waals surface area contributed by atoms with Gasteiger partial charge in [0, 0.05) is 18.3 Å². The van der Waals surface area contributed by atoms with Crippen LogP contribution in [0.5, 0.6) is 0 Å². The van der Waals surface area contributed by atoms with E-state index in [1.54, 1.807) is 7.05 Å². The first-order valence-electron chi connectivity index (χ1n) is 7.71. The molecule has 4 nitrogen and oxygen atoms in total. The van der Waals surface area contributed by atoms with Gasteiger partial charge in [0.05, 0.1) is 4.88 Å². The van der Waals surface area contributed by atoms with Crippen molar-refractivity contribution in [3.63, 3.8) is 0 Å². The molecule has 120 valence electrons. The van der Waals surface area contributed by atoms with Gasteiger partial charge in [0.15, 0.2) is 0 Å². The lowest BCUT2D eigenvalue weighted by molar-refractivity contribution is -0.141. The molecule has 1 unspecified atom stereocenters. The second-order valence-electron chi connectivity index (χ2n) is 5.87. The van der Waals surface area contributed by atoms with Crippen LogP contribution in [-0.2, 0) is 24.1 Å². The smallest absolute Gasteiger partial charge is 0.326 e. The number of thiophene rings is 1. The van der Waals surface area contributed by atoms with Crippen LogP contribution in [0.4, 0.5) is 0 Å². The molecule has 0 spiro atoms. The van der Waals surface area contributed by atoms with Gasteiger partial charge in [0.1, 0.15) is 6.04 Å². The number of nitrogens with zero attached hydrogens (tertiary/aromatic N) is 1. The molecule has 0 aliphatic heterocycles. The van der Waals surface area contributed by atoms with Crippen molar-refractivity contribution in [3.05, 3.63) is 57.3 Å². The van der Waals surface area contributed by atoms with E-state index in [4.69, 9.17) is 0 Å². The standard InChI is InChI=1S/C18H19NO3S/c1-19(14(18(21)22)10-12-6-3-2-4-7-12)17(20)16-11-13-8-5-9-15(13)23-16/h2-4,6-7,11,14H,5,8-10H2,1H3,(H,21,22). The molecule has 1 N–H and O–H groups in total. The minimum absolute atomic E-state index is 0.201. The number of benzene rings is 1. The zero-order valence-corrected chi connectivity index (χ0v) is 13.8. The summed E-state index contributed by atoms with van der Waals surface area (Å²) in [5.41, 5.74) is 2.16. The van der Waals surface area contributed by atoms with Crippen molar-refractivity contribution in [3.8, 4) is 0 Å². The van der Waals surface area contributed by atoms with Gasteiger partial charge in [-0.3, -0.25) is 4.79 Å². The SMILES string of the molecule is CN(C(=O)c1cc2c(s1)CCC2)C(Cc1ccccc1)C(=O)O. The molecular formula is C18H19NO3S. The predicted octanol–water partition coefficient (Wildman–Crippen LogP) is 3.00. The largest absolute Gasteiger partial charge is 0.480 e. The Hall–Kier alpha value is -2.14. The minimum Gasteiger partial charge on any atom is -0.480 e. The maximum atomic E-state index is 12.7. The highest BCUT2D eigenvalue weighted by Gasteiger charge is 2.29. The number of carbonyl (C=O) groups excluding carboxylic acids is 1. The Kier molecular flexibility index (Phi) is 4.48. The van der Waals surface area contributed by atoms with E-state index in [1.165, 1.54) is 26.7 Å². The van der Waals surface area contributed by atoms with Gasteiger partial charge in [-0.2, -0.15) is 0 Å². The topological polar surface area (TPSA) is 57.6 Å². The zero-order valence-electron chi connectivity index (χ0n) is 13.0. The number of aryl methyl sites for hydroxylation is 2. The van der Waals surface area contributed by atoms with Crippen molar-refractivity contribution in [1.82, 2.24) is 4.90 Å². The second kappa shape index (κ2) is 6.54. The molecule has 0 bridgehead atoms. The van der Waals surface area contributed by atoms with Crippen molar-refractivity contribution in [2.75, 3.05) is 7.05 Å². The van der Waals surface area contributed by atoms with E-state index in [0.29, 0.717) is 11.3 Å². The Morgan fingerprint density at radius 3 is 2.65 bits per heavy atom. The molecule has 1 amide bonds. The number of rotatable bonds is 5. The number of amides is 1. The van der Waals surface area contributed by atoms with Gasteiger partial charge >= 0.3 is 5.97 Å². The monoisotopic (exact) mass is 329 g/mol. The van der Waals surface area contributed by atoms with Gasteiger partial charge in [-0.05, 0) is 36.5 Å². The van der Waals surface area contributed by atoms with Crippen molar-refractivity contribution in [2.24, 2.45) is 0 Å². The van der Waals surface area contributed by atoms with Crippen LogP contribution in [0.25, 0.3) is 0 Å². The van der Waals surface area contributed by atoms with Crippen molar-refractivity contribution >= 4 is 23.2 Å². The van der Waals surface area contributed by atoms with E-state index in [0.717, 1.165) is 24.8 Å². The third kappa shape index (κ3) is 3.29. The number of likely N-dealkylation sites (N-methyl/N-ethyl adjacent to an activating group) is 1. The molecule has 1 atom stereocenters. The molecule has 5 heteroatoms. The third-order valence-electron chi connectivity index (χ3n) is 4.30. The molecule has 1 heterocycles. The van der Waals surface area contributed by atoms with Gasteiger partial charge in [0.25, 0.3) is 5.91 Å². The molecule has 1 aromatic carbocycles. The molecular weight excluding hydrogens is 310 g/mol. The zero-order chi connectivity index (χ0) is 16.4. The summed E-state index contributed by atoms with van der Waals surface area (Å²) in [6, 6.07) is 10.5. The summed E-state index contributed by atoms with van der Waals surface area (Å²) in [6.07, 6.45) is 3.51. The lowest BCUT2D eigenvalue weighted by Crippen LogP contribution is -2.43. The number of hydrogen-bond donors (Lipinski definition) is 1. The van der Waals surface area contributed by atoms with Gasteiger partial charge in [-0.25, -0.2) is 4.79 Å². The number of fused-ring (bicyclic) bond motifs is 1. The summed E-state index contributed by atoms with van der Waals surface area (Å²) < 4.78 is 0. The molecule has 0 saturated carbocycles. The van der Waals surface area contributed by atoms with Crippen molar-refractivity contribution < 1.29 is 14.7 Å². The van der Waals surface area contributed by atoms with Crippen LogP contribution < -0.4 is 0 Å². The molecule has 1 aliphatic carbocycles. The summed E-state index contributed by atoms with van der Waals surface area (Å²) >= 11 is 1.51. The fourth-order valence-corrected chi connectivity index (χ4v) is 4.21. The van der Waals surface area contributed by atoms with E-state index in [-0.39, 0.29) is 5.91 Å². The molecule has 2 aromatic rings. The highest BCUT2D eigenvalue weighted by molar-refractivity contribution is 7.14. The lowest BCUT2D eigenvalue weighted by atomic mass is 10.0. The first kappa shape index (κ1) is 15.7. The molecule has 3 rings (SSSR count). The molecule has 1 aliphatic rings. The first-order chi connectivity index (χ1) is 11.1. The Morgan fingerprint density at radius 2 is 2.00 bits per heavy atom. The quantitative estimate of drug-likeness (QED) is 0.917. The lowest BCUT2D eigenvalue weighted by Gasteiger charge is -2.24. The maximum absolute atomic E-state index is 12.7. The Balaban J connectivity index is 1.78. The molecule has 0 radical (unpaired) electrons. The maximum Gasteiger partial charge on any atom is 0.326 e. The molecule has 0 fully saturated rings. The fourth-order valence-electron chi connectivity index (χ4n) is 2.98. The van der Waals surface area contributed by atoms with Crippen LogP contribution in [0.15, 0.2) is 36.4 Å². The summed E-state index contributed by atoms with van der Waals surface area (Å²) in [4.78, 5) is 27.6. The first-order valence-corrected chi connectivity index (χ1v) is 8.53. The van der Waals surface area contributed by atoms with Crippen molar-refractivity contribution in [1.29, 1.82) is 0 Å². The Bertz CT molecular complexity index is 702. The van der Waals surface area contributed by atoms with Gasteiger partial charge in [-0.1, -0.05) is 30.3 Å². The molecule has 23 heavy (non-hydrogen) atoms. The van der Waals surface area contributed by atoms with Crippen molar-refractivity contribution in [2.45, 2.75) is 31.7 Å². The highest BCUT2D eigenvalue weighted by Crippen LogP contribution is 2.31. The number of carboxylic acids is 1. The van der Waals surface area contributed by atoms with E-state index in [9.17, 15) is 14.7 Å². The average Bonchev–Trinajstić information content (AvgIpc) is 3.13. The summed E-state index contributed by atoms with van der Waals surface area (Å²) in [6.45, 7) is 0. The van der Waals surface area contributed by atoms with E-state index < -0.39 is 12.0 Å². The Labute approximate surface area is 139 Å². The van der Waals surface area contributed by atoms with Crippen LogP contribution in [0.1, 0.15) is 32.1 Å². The number of carbonyl (C=O) groups is 2. The third-order valence-corrected chi connectivity index (χ3v) is 5.53. The average molecular weight is 329 g/mol. The molecule has 0 saturated heterocycles. The molecule has 1 aromatic heterocycles. The normalized spacial score (nSPS) is 14.3. The second-order valence-corrected chi connectivity index (χ2v) is 7.01.